The first-order valence-corrected chi connectivity index (χ1v) is 7.16. The van der Waals surface area contributed by atoms with E-state index < -0.39 is 11.5 Å². The Morgan fingerprint density at radius 2 is 2.24 bits per heavy atom. The summed E-state index contributed by atoms with van der Waals surface area (Å²) in [5.41, 5.74) is 4.06. The molecule has 2 amide bonds. The van der Waals surface area contributed by atoms with Gasteiger partial charge in [0.05, 0.1) is 18.3 Å². The molecule has 1 aliphatic heterocycles. The van der Waals surface area contributed by atoms with Gasteiger partial charge in [0.1, 0.15) is 0 Å². The molecule has 1 fully saturated rings. The van der Waals surface area contributed by atoms with Gasteiger partial charge in [0.25, 0.3) is 11.8 Å². The fourth-order valence-electron chi connectivity index (χ4n) is 2.54. The highest BCUT2D eigenvalue weighted by Gasteiger charge is 2.40. The zero-order chi connectivity index (χ0) is 15.6. The largest absolute Gasteiger partial charge is 0.378 e. The molecule has 1 aliphatic rings. The van der Waals surface area contributed by atoms with Crippen molar-refractivity contribution in [2.75, 3.05) is 13.1 Å². The molecule has 1 saturated heterocycles. The summed E-state index contributed by atoms with van der Waals surface area (Å²) in [7, 11) is 0. The highest BCUT2D eigenvalue weighted by molar-refractivity contribution is 5.94. The van der Waals surface area contributed by atoms with E-state index in [4.69, 9.17) is 5.73 Å². The van der Waals surface area contributed by atoms with Crippen LogP contribution >= 0.6 is 0 Å². The Bertz CT molecular complexity index is 540. The number of nitrogens with zero attached hydrogens (tertiary/aromatic N) is 3. The topological polar surface area (TPSA) is 101 Å². The second-order valence-electron chi connectivity index (χ2n) is 6.07. The number of carbonyl (C=O) groups excluding carboxylic acids is 2. The van der Waals surface area contributed by atoms with Crippen molar-refractivity contribution in [2.45, 2.75) is 38.8 Å². The number of nitrogens with two attached hydrogens (primary N) is 1. The van der Waals surface area contributed by atoms with Gasteiger partial charge in [0.15, 0.2) is 5.60 Å². The van der Waals surface area contributed by atoms with Crippen LogP contribution in [0.15, 0.2) is 12.4 Å². The Hall–Kier alpha value is -1.89. The summed E-state index contributed by atoms with van der Waals surface area (Å²) < 4.78 is 1.72. The van der Waals surface area contributed by atoms with Crippen molar-refractivity contribution in [2.24, 2.45) is 11.7 Å². The molecule has 0 radical (unpaired) electrons. The third-order valence-electron chi connectivity index (χ3n) is 3.65. The molecule has 1 aromatic rings. The van der Waals surface area contributed by atoms with Gasteiger partial charge in [-0.15, -0.1) is 0 Å². The van der Waals surface area contributed by atoms with Crippen molar-refractivity contribution in [3.63, 3.8) is 0 Å². The maximum absolute atomic E-state index is 12.4. The SMILES string of the molecule is CC(C)Cn1cc(C(=O)N2CCCC(O)(C(N)=O)C2)cn1. The minimum atomic E-state index is -1.62. The zero-order valence-corrected chi connectivity index (χ0v) is 12.5. The summed E-state index contributed by atoms with van der Waals surface area (Å²) in [4.78, 5) is 25.2. The first-order chi connectivity index (χ1) is 9.82. The van der Waals surface area contributed by atoms with E-state index in [2.05, 4.69) is 18.9 Å². The van der Waals surface area contributed by atoms with E-state index in [1.807, 2.05) is 0 Å². The van der Waals surface area contributed by atoms with E-state index in [1.54, 1.807) is 10.9 Å². The lowest BCUT2D eigenvalue weighted by molar-refractivity contribution is -0.140. The van der Waals surface area contributed by atoms with Crippen LogP contribution in [0.3, 0.4) is 0 Å². The number of primary amides is 1. The lowest BCUT2D eigenvalue weighted by atomic mass is 9.92. The van der Waals surface area contributed by atoms with Crippen molar-refractivity contribution in [3.8, 4) is 0 Å². The number of β-amino-alcohol motifs (C(OH)–C–C–N with tert-alkyl or cyclic N) is 1. The van der Waals surface area contributed by atoms with E-state index in [0.717, 1.165) is 6.54 Å². The van der Waals surface area contributed by atoms with Gasteiger partial charge in [-0.3, -0.25) is 14.3 Å². The van der Waals surface area contributed by atoms with Crippen molar-refractivity contribution >= 4 is 11.8 Å². The summed E-state index contributed by atoms with van der Waals surface area (Å²) in [6.45, 7) is 5.32. The molecule has 2 rings (SSSR count). The minimum absolute atomic E-state index is 0.0590. The molecule has 2 heterocycles. The third-order valence-corrected chi connectivity index (χ3v) is 3.65. The number of piperidine rings is 1. The summed E-state index contributed by atoms with van der Waals surface area (Å²) in [5, 5.41) is 14.3. The lowest BCUT2D eigenvalue weighted by Crippen LogP contribution is -2.57. The standard InChI is InChI=1S/C14H22N4O3/c1-10(2)7-18-8-11(6-16-18)12(19)17-5-3-4-14(21,9-17)13(15)20/h6,8,10,21H,3-5,7,9H2,1-2H3,(H2,15,20). The van der Waals surface area contributed by atoms with Crippen LogP contribution in [0.2, 0.25) is 0 Å². The van der Waals surface area contributed by atoms with Gasteiger partial charge < -0.3 is 15.7 Å². The lowest BCUT2D eigenvalue weighted by Gasteiger charge is -2.36. The number of likely N-dealkylation sites (tertiary alicyclic amines) is 1. The van der Waals surface area contributed by atoms with Crippen molar-refractivity contribution in [3.05, 3.63) is 18.0 Å². The monoisotopic (exact) mass is 294 g/mol. The van der Waals surface area contributed by atoms with E-state index in [-0.39, 0.29) is 12.5 Å². The minimum Gasteiger partial charge on any atom is -0.378 e. The van der Waals surface area contributed by atoms with E-state index in [0.29, 0.717) is 30.9 Å². The predicted octanol–water partition coefficient (Wildman–Crippen LogP) is -0.00850. The average Bonchev–Trinajstić information content (AvgIpc) is 2.85. The van der Waals surface area contributed by atoms with Crippen LogP contribution in [0.25, 0.3) is 0 Å². The molecule has 0 bridgehead atoms. The van der Waals surface area contributed by atoms with Gasteiger partial charge in [0.2, 0.25) is 0 Å². The van der Waals surface area contributed by atoms with Crippen LogP contribution in [0.1, 0.15) is 37.0 Å². The van der Waals surface area contributed by atoms with Crippen LogP contribution in [-0.2, 0) is 11.3 Å². The van der Waals surface area contributed by atoms with Crippen LogP contribution in [0.4, 0.5) is 0 Å². The summed E-state index contributed by atoms with van der Waals surface area (Å²) >= 11 is 0. The predicted molar refractivity (Wildman–Crippen MR) is 76.3 cm³/mol. The normalized spacial score (nSPS) is 22.6. The fraction of sp³-hybridized carbons (Fsp3) is 0.643. The van der Waals surface area contributed by atoms with Gasteiger partial charge in [-0.25, -0.2) is 0 Å². The molecule has 3 N–H and O–H groups in total. The van der Waals surface area contributed by atoms with E-state index in [9.17, 15) is 14.7 Å². The number of rotatable bonds is 4. The van der Waals surface area contributed by atoms with Crippen LogP contribution in [0.5, 0.6) is 0 Å². The van der Waals surface area contributed by atoms with Gasteiger partial charge in [-0.2, -0.15) is 5.10 Å². The molecule has 7 nitrogen and oxygen atoms in total. The Labute approximate surface area is 123 Å². The molecule has 1 unspecified atom stereocenters. The fourth-order valence-corrected chi connectivity index (χ4v) is 2.54. The number of amides is 2. The number of carbonyl (C=O) groups is 2. The number of aliphatic hydroxyl groups is 1. The summed E-state index contributed by atoms with van der Waals surface area (Å²) in [5.74, 6) is -0.581. The quantitative estimate of drug-likeness (QED) is 0.815. The zero-order valence-electron chi connectivity index (χ0n) is 12.5. The maximum atomic E-state index is 12.4. The van der Waals surface area contributed by atoms with Gasteiger partial charge in [0, 0.05) is 19.3 Å². The Balaban J connectivity index is 2.09. The molecule has 1 aromatic heterocycles. The number of hydrogen-bond donors (Lipinski definition) is 2. The van der Waals surface area contributed by atoms with E-state index >= 15 is 0 Å². The van der Waals surface area contributed by atoms with E-state index in [1.165, 1.54) is 11.1 Å². The molecule has 0 spiro atoms. The van der Waals surface area contributed by atoms with Gasteiger partial charge >= 0.3 is 0 Å². The van der Waals surface area contributed by atoms with Gasteiger partial charge in [-0.05, 0) is 18.8 Å². The smallest absolute Gasteiger partial charge is 0.257 e. The highest BCUT2D eigenvalue weighted by atomic mass is 16.3. The van der Waals surface area contributed by atoms with Crippen LogP contribution in [-0.4, -0.2) is 50.3 Å². The molecular weight excluding hydrogens is 272 g/mol. The average molecular weight is 294 g/mol. The molecule has 21 heavy (non-hydrogen) atoms. The maximum Gasteiger partial charge on any atom is 0.257 e. The molecule has 7 heteroatoms. The number of aromatic nitrogens is 2. The van der Waals surface area contributed by atoms with Crippen molar-refractivity contribution in [1.29, 1.82) is 0 Å². The third kappa shape index (κ3) is 3.41. The first-order valence-electron chi connectivity index (χ1n) is 7.16. The second kappa shape index (κ2) is 5.85. The summed E-state index contributed by atoms with van der Waals surface area (Å²) in [6.07, 6.45) is 4.05. The van der Waals surface area contributed by atoms with Crippen LogP contribution in [0, 0.1) is 5.92 Å². The van der Waals surface area contributed by atoms with Crippen LogP contribution < -0.4 is 5.73 Å². The molecular formula is C14H22N4O3. The Kier molecular flexibility index (Phi) is 4.32. The molecule has 0 aromatic carbocycles. The second-order valence-corrected chi connectivity index (χ2v) is 6.07. The highest BCUT2D eigenvalue weighted by Crippen LogP contribution is 2.22. The van der Waals surface area contributed by atoms with Crippen molar-refractivity contribution in [1.82, 2.24) is 14.7 Å². The summed E-state index contributed by atoms with van der Waals surface area (Å²) in [6, 6.07) is 0. The number of hydrogen-bond acceptors (Lipinski definition) is 4. The molecule has 1 atom stereocenters. The van der Waals surface area contributed by atoms with Gasteiger partial charge in [-0.1, -0.05) is 13.8 Å². The Morgan fingerprint density at radius 1 is 1.52 bits per heavy atom. The molecule has 0 aliphatic carbocycles. The molecule has 0 saturated carbocycles. The molecule has 116 valence electrons. The first kappa shape index (κ1) is 15.5. The Morgan fingerprint density at radius 3 is 2.86 bits per heavy atom. The van der Waals surface area contributed by atoms with Crippen molar-refractivity contribution < 1.29 is 14.7 Å².